The molecular formula is C7H6ClO4S2-. The van der Waals surface area contributed by atoms with Crippen LogP contribution >= 0.6 is 22.9 Å². The lowest BCUT2D eigenvalue weighted by Gasteiger charge is -2.02. The Kier molecular flexibility index (Phi) is 3.52. The average molecular weight is 254 g/mol. The number of rotatable bonds is 4. The largest absolute Gasteiger partial charge is 0.549 e. The first kappa shape index (κ1) is 11.5. The Labute approximate surface area is 90.1 Å². The third kappa shape index (κ3) is 3.65. The zero-order valence-electron chi connectivity index (χ0n) is 6.90. The minimum atomic E-state index is -3.63. The summed E-state index contributed by atoms with van der Waals surface area (Å²) in [4.78, 5) is 10.6. The summed E-state index contributed by atoms with van der Waals surface area (Å²) in [6.07, 6.45) is 0. The first-order valence-electron chi connectivity index (χ1n) is 3.53. The van der Waals surface area contributed by atoms with Gasteiger partial charge in [-0.3, -0.25) is 0 Å². The fourth-order valence-corrected chi connectivity index (χ4v) is 3.52. The molecule has 1 aromatic rings. The molecule has 78 valence electrons. The zero-order valence-corrected chi connectivity index (χ0v) is 9.29. The predicted octanol–water partition coefficient (Wildman–Crippen LogP) is 0.0662. The first-order chi connectivity index (χ1) is 6.39. The number of carbonyl (C=O) groups excluding carboxylic acids is 1. The lowest BCUT2D eigenvalue weighted by Crippen LogP contribution is -2.31. The predicted molar refractivity (Wildman–Crippen MR) is 51.8 cm³/mol. The Hall–Kier alpha value is -0.590. The highest BCUT2D eigenvalue weighted by atomic mass is 35.5. The van der Waals surface area contributed by atoms with Gasteiger partial charge >= 0.3 is 0 Å². The van der Waals surface area contributed by atoms with Crippen molar-refractivity contribution >= 4 is 38.7 Å². The Morgan fingerprint density at radius 1 is 1.50 bits per heavy atom. The summed E-state index contributed by atoms with van der Waals surface area (Å²) >= 11 is 6.70. The quantitative estimate of drug-likeness (QED) is 0.761. The number of carboxylic acids is 1. The third-order valence-corrected chi connectivity index (χ3v) is 4.17. The summed E-state index contributed by atoms with van der Waals surface area (Å²) in [5.74, 6) is -2.85. The highest BCUT2D eigenvalue weighted by Gasteiger charge is 2.13. The van der Waals surface area contributed by atoms with E-state index in [9.17, 15) is 18.3 Å². The molecule has 0 bridgehead atoms. The van der Waals surface area contributed by atoms with Crippen molar-refractivity contribution < 1.29 is 18.3 Å². The van der Waals surface area contributed by atoms with Crippen LogP contribution in [0.3, 0.4) is 0 Å². The smallest absolute Gasteiger partial charge is 0.160 e. The van der Waals surface area contributed by atoms with Crippen LogP contribution in [0.4, 0.5) is 0 Å². The number of thiophene rings is 1. The summed E-state index contributed by atoms with van der Waals surface area (Å²) < 4.78 is 22.8. The van der Waals surface area contributed by atoms with Gasteiger partial charge in [0, 0.05) is 4.88 Å². The molecule has 0 radical (unpaired) electrons. The normalized spacial score (nSPS) is 11.5. The maximum Gasteiger partial charge on any atom is 0.160 e. The second-order valence-corrected chi connectivity index (χ2v) is 6.47. The summed E-state index contributed by atoms with van der Waals surface area (Å²) in [6.45, 7) is 0. The highest BCUT2D eigenvalue weighted by Crippen LogP contribution is 2.23. The molecule has 7 heteroatoms. The number of hydrogen-bond donors (Lipinski definition) is 0. The summed E-state index contributed by atoms with van der Waals surface area (Å²) in [5.41, 5.74) is 0. The Morgan fingerprint density at radius 2 is 2.14 bits per heavy atom. The molecule has 0 saturated carbocycles. The standard InChI is InChI=1S/C7H7ClO4S2/c8-6-2-1-5(13-6)3-14(11,12)4-7(9)10/h1-2H,3-4H2,(H,9,10)/p-1. The molecule has 14 heavy (non-hydrogen) atoms. The van der Waals surface area contributed by atoms with Crippen LogP contribution in [0.2, 0.25) is 4.34 Å². The van der Waals surface area contributed by atoms with Crippen LogP contribution < -0.4 is 5.11 Å². The van der Waals surface area contributed by atoms with Crippen LogP contribution in [0.15, 0.2) is 12.1 Å². The van der Waals surface area contributed by atoms with Gasteiger partial charge in [0.15, 0.2) is 9.84 Å². The van der Waals surface area contributed by atoms with E-state index in [-0.39, 0.29) is 5.75 Å². The number of sulfone groups is 1. The number of hydrogen-bond acceptors (Lipinski definition) is 5. The Bertz CT molecular complexity index is 434. The minimum Gasteiger partial charge on any atom is -0.549 e. The van der Waals surface area contributed by atoms with Gasteiger partial charge < -0.3 is 9.90 Å². The van der Waals surface area contributed by atoms with Crippen molar-refractivity contribution in [3.8, 4) is 0 Å². The van der Waals surface area contributed by atoms with Crippen molar-refractivity contribution in [3.05, 3.63) is 21.3 Å². The van der Waals surface area contributed by atoms with E-state index >= 15 is 0 Å². The molecule has 4 nitrogen and oxygen atoms in total. The van der Waals surface area contributed by atoms with Crippen molar-refractivity contribution in [2.24, 2.45) is 0 Å². The molecule has 1 heterocycles. The first-order valence-corrected chi connectivity index (χ1v) is 6.55. The van der Waals surface area contributed by atoms with Gasteiger partial charge in [-0.15, -0.1) is 11.3 Å². The van der Waals surface area contributed by atoms with Crippen LogP contribution in [0.25, 0.3) is 0 Å². The second-order valence-electron chi connectivity index (χ2n) is 2.61. The number of aliphatic carboxylic acids is 1. The average Bonchev–Trinajstić information content (AvgIpc) is 2.30. The number of carboxylic acid groups (broad SMARTS) is 1. The van der Waals surface area contributed by atoms with Gasteiger partial charge in [-0.25, -0.2) is 8.42 Å². The molecule has 0 fully saturated rings. The molecule has 0 saturated heterocycles. The van der Waals surface area contributed by atoms with Crippen LogP contribution in [0.5, 0.6) is 0 Å². The molecule has 0 atom stereocenters. The van der Waals surface area contributed by atoms with Crippen molar-refractivity contribution in [1.29, 1.82) is 0 Å². The molecule has 1 aromatic heterocycles. The van der Waals surface area contributed by atoms with Crippen molar-refractivity contribution in [2.45, 2.75) is 5.75 Å². The molecule has 0 N–H and O–H groups in total. The van der Waals surface area contributed by atoms with E-state index in [1.807, 2.05) is 0 Å². The van der Waals surface area contributed by atoms with E-state index in [2.05, 4.69) is 0 Å². The molecular weight excluding hydrogens is 248 g/mol. The SMILES string of the molecule is O=C([O-])CS(=O)(=O)Cc1ccc(Cl)s1. The van der Waals surface area contributed by atoms with Gasteiger partial charge in [0.1, 0.15) is 0 Å². The molecule has 0 aliphatic carbocycles. The number of halogens is 1. The van der Waals surface area contributed by atoms with Gasteiger partial charge in [-0.2, -0.15) is 0 Å². The summed E-state index contributed by atoms with van der Waals surface area (Å²) in [6, 6.07) is 3.12. The molecule has 0 aliphatic heterocycles. The van der Waals surface area contributed by atoms with Crippen LogP contribution in [0.1, 0.15) is 4.88 Å². The van der Waals surface area contributed by atoms with Crippen LogP contribution in [-0.2, 0) is 20.4 Å². The highest BCUT2D eigenvalue weighted by molar-refractivity contribution is 7.91. The Morgan fingerprint density at radius 3 is 2.57 bits per heavy atom. The van der Waals surface area contributed by atoms with Crippen LogP contribution in [-0.4, -0.2) is 20.1 Å². The third-order valence-electron chi connectivity index (χ3n) is 1.33. The minimum absolute atomic E-state index is 0.307. The molecule has 1 rings (SSSR count). The van der Waals surface area contributed by atoms with Crippen molar-refractivity contribution in [3.63, 3.8) is 0 Å². The van der Waals surface area contributed by atoms with E-state index in [0.29, 0.717) is 9.21 Å². The Balaban J connectivity index is 2.73. The van der Waals surface area contributed by atoms with E-state index in [1.54, 1.807) is 12.1 Å². The van der Waals surface area contributed by atoms with Crippen LogP contribution in [0, 0.1) is 0 Å². The zero-order chi connectivity index (χ0) is 10.8. The number of carbonyl (C=O) groups is 1. The fraction of sp³-hybridized carbons (Fsp3) is 0.286. The van der Waals surface area contributed by atoms with E-state index < -0.39 is 21.6 Å². The van der Waals surface area contributed by atoms with E-state index in [1.165, 1.54) is 0 Å². The van der Waals surface area contributed by atoms with Crippen molar-refractivity contribution in [1.82, 2.24) is 0 Å². The van der Waals surface area contributed by atoms with Gasteiger partial charge in [0.2, 0.25) is 0 Å². The molecule has 0 unspecified atom stereocenters. The van der Waals surface area contributed by atoms with Gasteiger partial charge in [0.05, 0.1) is 21.8 Å². The monoisotopic (exact) mass is 253 g/mol. The lowest BCUT2D eigenvalue weighted by molar-refractivity contribution is -0.301. The molecule has 0 aliphatic rings. The maximum atomic E-state index is 11.2. The maximum absolute atomic E-state index is 11.2. The van der Waals surface area contributed by atoms with Gasteiger partial charge in [-0.05, 0) is 12.1 Å². The fourth-order valence-electron chi connectivity index (χ4n) is 0.877. The van der Waals surface area contributed by atoms with E-state index in [4.69, 9.17) is 11.6 Å². The summed E-state index contributed by atoms with van der Waals surface area (Å²) in [5, 5.41) is 10.1. The molecule has 0 aromatic carbocycles. The summed E-state index contributed by atoms with van der Waals surface area (Å²) in [7, 11) is -3.63. The second kappa shape index (κ2) is 4.29. The van der Waals surface area contributed by atoms with E-state index in [0.717, 1.165) is 11.3 Å². The topological polar surface area (TPSA) is 74.3 Å². The lowest BCUT2D eigenvalue weighted by atomic mass is 10.5. The van der Waals surface area contributed by atoms with Crippen molar-refractivity contribution in [2.75, 3.05) is 5.75 Å². The molecule has 0 amide bonds. The van der Waals surface area contributed by atoms with Gasteiger partial charge in [-0.1, -0.05) is 11.6 Å². The molecule has 0 spiro atoms. The van der Waals surface area contributed by atoms with Gasteiger partial charge in [0.25, 0.3) is 0 Å².